The van der Waals surface area contributed by atoms with Gasteiger partial charge in [-0.2, -0.15) is 0 Å². The molecule has 1 amide bonds. The lowest BCUT2D eigenvalue weighted by molar-refractivity contribution is -0.143. The third kappa shape index (κ3) is 5.88. The lowest BCUT2D eigenvalue weighted by Gasteiger charge is -2.26. The average molecular weight is 527 g/mol. The van der Waals surface area contributed by atoms with Crippen molar-refractivity contribution in [3.8, 4) is 5.88 Å². The maximum atomic E-state index is 12.5. The molecule has 1 aliphatic rings. The van der Waals surface area contributed by atoms with E-state index in [0.717, 1.165) is 0 Å². The van der Waals surface area contributed by atoms with Crippen LogP contribution in [0.15, 0.2) is 34.9 Å². The number of rotatable bonds is 7. The highest BCUT2D eigenvalue weighted by atomic mass is 35.5. The van der Waals surface area contributed by atoms with E-state index >= 15 is 0 Å². The van der Waals surface area contributed by atoms with Gasteiger partial charge >= 0.3 is 23.8 Å². The van der Waals surface area contributed by atoms with Crippen LogP contribution in [0.4, 0.5) is 17.4 Å². The van der Waals surface area contributed by atoms with Crippen LogP contribution >= 0.6 is 34.8 Å². The summed E-state index contributed by atoms with van der Waals surface area (Å²) in [7, 11) is 0. The van der Waals surface area contributed by atoms with Crippen LogP contribution in [0.2, 0.25) is 15.1 Å². The molecule has 0 spiro atoms. The van der Waals surface area contributed by atoms with Gasteiger partial charge in [0.2, 0.25) is 5.88 Å². The molecule has 0 saturated heterocycles. The molecule has 1 fully saturated rings. The maximum absolute atomic E-state index is 12.5. The molecule has 0 unspecified atom stereocenters. The van der Waals surface area contributed by atoms with Gasteiger partial charge in [0.1, 0.15) is 11.1 Å². The Morgan fingerprint density at radius 1 is 1.06 bits per heavy atom. The molecular weight excluding hydrogens is 509 g/mol. The summed E-state index contributed by atoms with van der Waals surface area (Å²) < 4.78 is 11.1. The van der Waals surface area contributed by atoms with E-state index < -0.39 is 11.9 Å². The van der Waals surface area contributed by atoms with Gasteiger partial charge in [-0.05, 0) is 49.9 Å². The van der Waals surface area contributed by atoms with Gasteiger partial charge < -0.3 is 24.9 Å². The van der Waals surface area contributed by atoms with E-state index in [0.29, 0.717) is 47.1 Å². The number of benzene rings is 1. The van der Waals surface area contributed by atoms with Crippen LogP contribution in [-0.4, -0.2) is 38.3 Å². The molecular formula is C21H18Cl3N5O5. The molecule has 0 radical (unpaired) electrons. The predicted molar refractivity (Wildman–Crippen MR) is 125 cm³/mol. The maximum Gasteiger partial charge on any atom is 0.320 e. The van der Waals surface area contributed by atoms with Gasteiger partial charge in [0, 0.05) is 5.02 Å². The number of nitrogens with zero attached hydrogens (tertiary/aromatic N) is 3. The van der Waals surface area contributed by atoms with Gasteiger partial charge in [0.25, 0.3) is 0 Å². The molecule has 34 heavy (non-hydrogen) atoms. The molecule has 0 aliphatic heterocycles. The summed E-state index contributed by atoms with van der Waals surface area (Å²) in [6.45, 7) is 0. The molecule has 1 aliphatic carbocycles. The Hall–Kier alpha value is -3.08. The molecule has 1 saturated carbocycles. The minimum atomic E-state index is -0.785. The van der Waals surface area contributed by atoms with Gasteiger partial charge in [-0.25, -0.2) is 4.98 Å². The van der Waals surface area contributed by atoms with Crippen molar-refractivity contribution in [1.29, 1.82) is 0 Å². The molecule has 0 bridgehead atoms. The largest absolute Gasteiger partial charge is 0.481 e. The molecule has 178 valence electrons. The number of carboxylic acids is 1. The van der Waals surface area contributed by atoms with Crippen molar-refractivity contribution >= 4 is 64.1 Å². The lowest BCUT2D eigenvalue weighted by Crippen LogP contribution is -2.28. The summed E-state index contributed by atoms with van der Waals surface area (Å²) >= 11 is 18.2. The van der Waals surface area contributed by atoms with E-state index in [-0.39, 0.29) is 34.8 Å². The first kappa shape index (κ1) is 24.1. The standard InChI is InChI=1S/C21H18Cl3N5O5/c22-11-3-6-16(14(23)7-11)27-21-29-28-19(34-21)17(30)26-12-8-15(24)18(25-9-12)33-13-4-1-10(2-5-13)20(31)32/h3,6-10,13H,1-2,4-5H2,(H,26,30)(H,27,29)(H,31,32)/t10-,13-. The van der Waals surface area contributed by atoms with Gasteiger partial charge in [-0.15, -0.1) is 5.10 Å². The third-order valence-corrected chi connectivity index (χ3v) is 5.98. The fraction of sp³-hybridized carbons (Fsp3) is 0.286. The third-order valence-electron chi connectivity index (χ3n) is 5.16. The molecule has 4 rings (SSSR count). The number of aromatic nitrogens is 3. The normalized spacial score (nSPS) is 17.7. The highest BCUT2D eigenvalue weighted by molar-refractivity contribution is 6.36. The Kier molecular flexibility index (Phi) is 7.40. The van der Waals surface area contributed by atoms with Crippen molar-refractivity contribution in [2.24, 2.45) is 5.92 Å². The molecule has 3 aromatic rings. The highest BCUT2D eigenvalue weighted by Crippen LogP contribution is 2.31. The fourth-order valence-corrected chi connectivity index (χ4v) is 4.09. The minimum Gasteiger partial charge on any atom is -0.481 e. The number of nitrogens with one attached hydrogen (secondary N) is 2. The molecule has 2 heterocycles. The van der Waals surface area contributed by atoms with E-state index in [1.54, 1.807) is 18.2 Å². The summed E-state index contributed by atoms with van der Waals surface area (Å²) in [5, 5.41) is 23.0. The van der Waals surface area contributed by atoms with Crippen molar-refractivity contribution in [3.05, 3.63) is 51.4 Å². The molecule has 3 N–H and O–H groups in total. The van der Waals surface area contributed by atoms with Crippen LogP contribution in [0, 0.1) is 5.92 Å². The second-order valence-corrected chi connectivity index (χ2v) is 8.81. The van der Waals surface area contributed by atoms with Crippen LogP contribution in [0.3, 0.4) is 0 Å². The molecule has 10 nitrogen and oxygen atoms in total. The Morgan fingerprint density at radius 3 is 2.50 bits per heavy atom. The quantitative estimate of drug-likeness (QED) is 0.367. The van der Waals surface area contributed by atoms with Crippen LogP contribution < -0.4 is 15.4 Å². The number of pyridine rings is 1. The number of hydrogen-bond acceptors (Lipinski definition) is 8. The number of aliphatic carboxylic acids is 1. The molecule has 0 atom stereocenters. The van der Waals surface area contributed by atoms with Crippen LogP contribution in [0.5, 0.6) is 5.88 Å². The Labute approximate surface area is 208 Å². The zero-order valence-corrected chi connectivity index (χ0v) is 19.7. The van der Waals surface area contributed by atoms with Gasteiger partial charge in [-0.3, -0.25) is 9.59 Å². The number of hydrogen-bond donors (Lipinski definition) is 3. The Balaban J connectivity index is 1.34. The summed E-state index contributed by atoms with van der Waals surface area (Å²) in [5.41, 5.74) is 0.773. The lowest BCUT2D eigenvalue weighted by atomic mass is 9.87. The van der Waals surface area contributed by atoms with Gasteiger partial charge in [0.15, 0.2) is 0 Å². The van der Waals surface area contributed by atoms with Crippen LogP contribution in [-0.2, 0) is 4.79 Å². The summed E-state index contributed by atoms with van der Waals surface area (Å²) in [6.07, 6.45) is 3.49. The summed E-state index contributed by atoms with van der Waals surface area (Å²) in [6, 6.07) is 6.25. The van der Waals surface area contributed by atoms with E-state index in [4.69, 9.17) is 49.1 Å². The second-order valence-electron chi connectivity index (χ2n) is 7.56. The minimum absolute atomic E-state index is 0.0353. The highest BCUT2D eigenvalue weighted by Gasteiger charge is 2.27. The SMILES string of the molecule is O=C(Nc1cnc(O[C@H]2CC[C@H](C(=O)O)CC2)c(Cl)c1)c1nnc(Nc2ccc(Cl)cc2Cl)o1. The van der Waals surface area contributed by atoms with Crippen molar-refractivity contribution in [3.63, 3.8) is 0 Å². The first-order valence-electron chi connectivity index (χ1n) is 10.2. The van der Waals surface area contributed by atoms with Crippen molar-refractivity contribution in [2.45, 2.75) is 31.8 Å². The first-order chi connectivity index (χ1) is 16.3. The van der Waals surface area contributed by atoms with Gasteiger partial charge in [-0.1, -0.05) is 39.9 Å². The van der Waals surface area contributed by atoms with Crippen molar-refractivity contribution < 1.29 is 23.8 Å². The Bertz CT molecular complexity index is 1210. The number of carbonyl (C=O) groups is 2. The Morgan fingerprint density at radius 2 is 1.82 bits per heavy atom. The van der Waals surface area contributed by atoms with Crippen molar-refractivity contribution in [2.75, 3.05) is 10.6 Å². The van der Waals surface area contributed by atoms with Gasteiger partial charge in [0.05, 0.1) is 28.5 Å². The number of ether oxygens (including phenoxy) is 1. The number of carboxylic acid groups (broad SMARTS) is 1. The first-order valence-corrected chi connectivity index (χ1v) is 11.3. The molecule has 13 heteroatoms. The van der Waals surface area contributed by atoms with Crippen LogP contribution in [0.1, 0.15) is 36.4 Å². The summed E-state index contributed by atoms with van der Waals surface area (Å²) in [5.74, 6) is -1.87. The van der Waals surface area contributed by atoms with E-state index in [1.807, 2.05) is 0 Å². The number of amides is 1. The number of halogens is 3. The average Bonchev–Trinajstić information content (AvgIpc) is 3.27. The van der Waals surface area contributed by atoms with E-state index in [2.05, 4.69) is 25.8 Å². The zero-order valence-electron chi connectivity index (χ0n) is 17.4. The molecule has 2 aromatic heterocycles. The molecule has 1 aromatic carbocycles. The topological polar surface area (TPSA) is 139 Å². The number of anilines is 3. The number of carbonyl (C=O) groups excluding carboxylic acids is 1. The summed E-state index contributed by atoms with van der Waals surface area (Å²) in [4.78, 5) is 27.7. The predicted octanol–water partition coefficient (Wildman–Crippen LogP) is 5.44. The fourth-order valence-electron chi connectivity index (χ4n) is 3.42. The van der Waals surface area contributed by atoms with Crippen molar-refractivity contribution in [1.82, 2.24) is 15.2 Å². The van der Waals surface area contributed by atoms with E-state index in [9.17, 15) is 9.59 Å². The zero-order chi connectivity index (χ0) is 24.2. The monoisotopic (exact) mass is 525 g/mol. The second kappa shape index (κ2) is 10.5. The smallest absolute Gasteiger partial charge is 0.320 e. The van der Waals surface area contributed by atoms with Crippen LogP contribution in [0.25, 0.3) is 0 Å². The van der Waals surface area contributed by atoms with E-state index in [1.165, 1.54) is 12.3 Å².